The van der Waals surface area contributed by atoms with Gasteiger partial charge in [-0.1, -0.05) is 11.6 Å². The van der Waals surface area contributed by atoms with Crippen LogP contribution in [0.25, 0.3) is 0 Å². The van der Waals surface area contributed by atoms with E-state index in [-0.39, 0.29) is 21.9 Å². The Morgan fingerprint density at radius 1 is 1.29 bits per heavy atom. The van der Waals surface area contributed by atoms with E-state index in [4.69, 9.17) is 27.9 Å². The Morgan fingerprint density at radius 3 is 2.62 bits per heavy atom. The lowest BCUT2D eigenvalue weighted by Gasteiger charge is -2.16. The molecule has 1 aromatic carbocycles. The molecule has 0 aliphatic carbocycles. The topological polar surface area (TPSA) is 93.2 Å². The van der Waals surface area contributed by atoms with Crippen LogP contribution in [0.3, 0.4) is 0 Å². The fourth-order valence-electron chi connectivity index (χ4n) is 1.85. The molecule has 128 valence electrons. The lowest BCUT2D eigenvalue weighted by Crippen LogP contribution is -2.22. The molecule has 0 unspecified atom stereocenters. The molecular weight excluding hydrogens is 374 g/mol. The van der Waals surface area contributed by atoms with Crippen LogP contribution in [-0.2, 0) is 4.57 Å². The first kappa shape index (κ1) is 18.5. The molecular formula is C14H15Cl2N4O3P. The molecule has 2 N–H and O–H groups in total. The van der Waals surface area contributed by atoms with Gasteiger partial charge < -0.3 is 19.9 Å². The van der Waals surface area contributed by atoms with Crippen LogP contribution >= 0.6 is 30.3 Å². The van der Waals surface area contributed by atoms with E-state index < -0.39 is 13.2 Å². The minimum absolute atomic E-state index is 0.0270. The lowest BCUT2D eigenvalue weighted by molar-refractivity contribution is 0.203. The normalized spacial score (nSPS) is 11.0. The zero-order valence-electron chi connectivity index (χ0n) is 13.1. The second kappa shape index (κ2) is 7.38. The number of rotatable bonds is 4. The van der Waals surface area contributed by atoms with Crippen molar-refractivity contribution in [1.29, 1.82) is 0 Å². The van der Waals surface area contributed by atoms with Crippen molar-refractivity contribution in [3.05, 3.63) is 34.7 Å². The highest BCUT2D eigenvalue weighted by molar-refractivity contribution is 7.70. The number of hydrogen-bond donors (Lipinski definition) is 2. The van der Waals surface area contributed by atoms with Crippen LogP contribution < -0.4 is 20.7 Å². The van der Waals surface area contributed by atoms with Gasteiger partial charge in [0.1, 0.15) is 17.9 Å². The molecule has 0 aliphatic rings. The summed E-state index contributed by atoms with van der Waals surface area (Å²) in [6.07, 6.45) is 0.744. The van der Waals surface area contributed by atoms with E-state index in [2.05, 4.69) is 20.6 Å². The molecule has 0 bridgehead atoms. The monoisotopic (exact) mass is 388 g/mol. The van der Waals surface area contributed by atoms with Crippen LogP contribution in [0.15, 0.2) is 24.4 Å². The summed E-state index contributed by atoms with van der Waals surface area (Å²) in [7, 11) is -1.24. The van der Waals surface area contributed by atoms with E-state index in [0.717, 1.165) is 0 Å². The largest absolute Gasteiger partial charge is 0.412 e. The summed E-state index contributed by atoms with van der Waals surface area (Å²) in [5, 5.41) is 6.10. The predicted octanol–water partition coefficient (Wildman–Crippen LogP) is 3.49. The smallest absolute Gasteiger partial charge is 0.410 e. The van der Waals surface area contributed by atoms with Crippen molar-refractivity contribution in [1.82, 2.24) is 15.3 Å². The summed E-state index contributed by atoms with van der Waals surface area (Å²) in [5.74, 6) is 0.553. The summed E-state index contributed by atoms with van der Waals surface area (Å²) < 4.78 is 17.7. The van der Waals surface area contributed by atoms with E-state index in [1.807, 2.05) is 0 Å². The van der Waals surface area contributed by atoms with Crippen LogP contribution in [0, 0.1) is 0 Å². The van der Waals surface area contributed by atoms with Crippen LogP contribution in [0.1, 0.15) is 0 Å². The summed E-state index contributed by atoms with van der Waals surface area (Å²) in [6.45, 7) is 3.21. The van der Waals surface area contributed by atoms with Crippen LogP contribution in [0.2, 0.25) is 10.3 Å². The molecule has 2 aromatic rings. The minimum atomic E-state index is -2.69. The molecule has 0 aliphatic heterocycles. The molecule has 0 spiro atoms. The van der Waals surface area contributed by atoms with Crippen molar-refractivity contribution in [2.75, 3.05) is 25.7 Å². The second-order valence-electron chi connectivity index (χ2n) is 5.13. The lowest BCUT2D eigenvalue weighted by atomic mass is 10.3. The highest BCUT2D eigenvalue weighted by Crippen LogP contribution is 2.40. The van der Waals surface area contributed by atoms with E-state index in [1.165, 1.54) is 19.3 Å². The van der Waals surface area contributed by atoms with Gasteiger partial charge in [-0.2, -0.15) is 4.98 Å². The third-order valence-electron chi connectivity index (χ3n) is 2.93. The number of nitrogens with zero attached hydrogens (tertiary/aromatic N) is 2. The molecule has 0 fully saturated rings. The standard InChI is InChI=1S/C14H15Cl2N4O3P/c1-17-14(21)23-8-4-5-10(11(6-8)24(2,3)22)19-12-9(15)7-18-13(16)20-12/h4-7H,1-3H3,(H,17,21)(H,18,19,20). The highest BCUT2D eigenvalue weighted by atomic mass is 35.5. The van der Waals surface area contributed by atoms with Crippen molar-refractivity contribution in [2.45, 2.75) is 0 Å². The van der Waals surface area contributed by atoms with Gasteiger partial charge in [-0.15, -0.1) is 0 Å². The molecule has 1 aromatic heterocycles. The maximum absolute atomic E-state index is 12.6. The molecule has 2 rings (SSSR count). The van der Waals surface area contributed by atoms with Crippen molar-refractivity contribution < 1.29 is 14.1 Å². The number of hydrogen-bond acceptors (Lipinski definition) is 6. The van der Waals surface area contributed by atoms with Gasteiger partial charge in [0, 0.05) is 12.4 Å². The maximum Gasteiger partial charge on any atom is 0.412 e. The van der Waals surface area contributed by atoms with Gasteiger partial charge in [-0.25, -0.2) is 9.78 Å². The Balaban J connectivity index is 2.44. The first-order valence-electron chi connectivity index (χ1n) is 6.75. The molecule has 0 radical (unpaired) electrons. The Hall–Kier alpha value is -1.82. The van der Waals surface area contributed by atoms with Gasteiger partial charge in [0.15, 0.2) is 5.82 Å². The Bertz CT molecular complexity index is 826. The molecule has 24 heavy (non-hydrogen) atoms. The summed E-state index contributed by atoms with van der Waals surface area (Å²) in [6, 6.07) is 4.72. The first-order valence-corrected chi connectivity index (χ1v) is 10.1. The van der Waals surface area contributed by atoms with E-state index in [0.29, 0.717) is 11.0 Å². The van der Waals surface area contributed by atoms with Gasteiger partial charge in [-0.05, 0) is 43.1 Å². The van der Waals surface area contributed by atoms with Gasteiger partial charge >= 0.3 is 6.09 Å². The van der Waals surface area contributed by atoms with Crippen LogP contribution in [0.5, 0.6) is 5.75 Å². The quantitative estimate of drug-likeness (QED) is 0.614. The van der Waals surface area contributed by atoms with Crippen molar-refractivity contribution in [3.63, 3.8) is 0 Å². The molecule has 0 saturated heterocycles. The van der Waals surface area contributed by atoms with Gasteiger partial charge in [0.2, 0.25) is 5.28 Å². The van der Waals surface area contributed by atoms with Gasteiger partial charge in [0.25, 0.3) is 0 Å². The zero-order chi connectivity index (χ0) is 17.9. The molecule has 1 amide bonds. The van der Waals surface area contributed by atoms with E-state index in [9.17, 15) is 9.36 Å². The Labute approximate surface area is 149 Å². The number of halogens is 2. The molecule has 10 heteroatoms. The first-order chi connectivity index (χ1) is 11.2. The number of ether oxygens (including phenoxy) is 1. The molecule has 0 saturated carbocycles. The summed E-state index contributed by atoms with van der Waals surface area (Å²) >= 11 is 11.8. The predicted molar refractivity (Wildman–Crippen MR) is 95.9 cm³/mol. The second-order valence-corrected chi connectivity index (χ2v) is 9.06. The molecule has 1 heterocycles. The van der Waals surface area contributed by atoms with Gasteiger partial charge in [-0.3, -0.25) is 0 Å². The average molecular weight is 389 g/mol. The highest BCUT2D eigenvalue weighted by Gasteiger charge is 2.19. The number of carbonyl (C=O) groups is 1. The molecule has 7 nitrogen and oxygen atoms in total. The minimum Gasteiger partial charge on any atom is -0.410 e. The maximum atomic E-state index is 12.6. The number of anilines is 2. The van der Waals surface area contributed by atoms with Gasteiger partial charge in [0.05, 0.1) is 11.9 Å². The SMILES string of the molecule is CNC(=O)Oc1ccc(Nc2nc(Cl)ncc2Cl)c(P(C)(C)=O)c1. The fraction of sp³-hybridized carbons (Fsp3) is 0.214. The van der Waals surface area contributed by atoms with Crippen LogP contribution in [0.4, 0.5) is 16.3 Å². The number of carbonyl (C=O) groups excluding carboxylic acids is 1. The zero-order valence-corrected chi connectivity index (χ0v) is 15.5. The van der Waals surface area contributed by atoms with E-state index >= 15 is 0 Å². The Kier molecular flexibility index (Phi) is 5.70. The van der Waals surface area contributed by atoms with Crippen LogP contribution in [-0.4, -0.2) is 36.4 Å². The Morgan fingerprint density at radius 2 is 2.00 bits per heavy atom. The average Bonchev–Trinajstić information content (AvgIpc) is 2.51. The number of benzene rings is 1. The third kappa shape index (κ3) is 4.60. The van der Waals surface area contributed by atoms with Crippen molar-refractivity contribution >= 4 is 53.2 Å². The van der Waals surface area contributed by atoms with E-state index in [1.54, 1.807) is 25.5 Å². The summed E-state index contributed by atoms with van der Waals surface area (Å²) in [4.78, 5) is 19.1. The molecule has 0 atom stereocenters. The number of amides is 1. The number of aromatic nitrogens is 2. The van der Waals surface area contributed by atoms with Crippen molar-refractivity contribution in [3.8, 4) is 5.75 Å². The van der Waals surface area contributed by atoms with Crippen molar-refractivity contribution in [2.24, 2.45) is 0 Å². The summed E-state index contributed by atoms with van der Waals surface area (Å²) in [5.41, 5.74) is 0.518. The third-order valence-corrected chi connectivity index (χ3v) is 4.92. The fourth-order valence-corrected chi connectivity index (χ4v) is 3.27. The number of nitrogens with one attached hydrogen (secondary N) is 2.